The molecule has 0 saturated carbocycles. The highest BCUT2D eigenvalue weighted by molar-refractivity contribution is 5.89. The smallest absolute Gasteiger partial charge is 0.227 e. The van der Waals surface area contributed by atoms with Gasteiger partial charge in [-0.05, 0) is 35.4 Å². The van der Waals surface area contributed by atoms with Gasteiger partial charge in [-0.2, -0.15) is 0 Å². The lowest BCUT2D eigenvalue weighted by Crippen LogP contribution is -2.29. The van der Waals surface area contributed by atoms with Crippen LogP contribution in [0.25, 0.3) is 5.70 Å². The van der Waals surface area contributed by atoms with Gasteiger partial charge in [0, 0.05) is 12.1 Å². The van der Waals surface area contributed by atoms with Crippen molar-refractivity contribution in [3.63, 3.8) is 0 Å². The maximum Gasteiger partial charge on any atom is 0.227 e. The summed E-state index contributed by atoms with van der Waals surface area (Å²) in [7, 11) is 0. The molecule has 1 fully saturated rings. The van der Waals surface area contributed by atoms with Crippen molar-refractivity contribution >= 4 is 11.6 Å². The second-order valence-electron chi connectivity index (χ2n) is 6.22. The average Bonchev–Trinajstić information content (AvgIpc) is 2.91. The summed E-state index contributed by atoms with van der Waals surface area (Å²) in [5, 5.41) is 0. The highest BCUT2D eigenvalue weighted by Crippen LogP contribution is 2.48. The van der Waals surface area contributed by atoms with Crippen molar-refractivity contribution < 1.29 is 4.79 Å². The number of rotatable bonds is 2. The van der Waals surface area contributed by atoms with Crippen LogP contribution in [0.1, 0.15) is 35.6 Å². The Morgan fingerprint density at radius 2 is 1.77 bits per heavy atom. The summed E-state index contributed by atoms with van der Waals surface area (Å²) >= 11 is 0. The number of hydrogen-bond donors (Lipinski definition) is 0. The molecule has 1 saturated heterocycles. The van der Waals surface area contributed by atoms with Crippen LogP contribution < -0.4 is 0 Å². The second kappa shape index (κ2) is 5.13. The van der Waals surface area contributed by atoms with Crippen molar-refractivity contribution in [2.45, 2.75) is 25.3 Å². The summed E-state index contributed by atoms with van der Waals surface area (Å²) in [6.07, 6.45) is 2.81. The fraction of sp³-hybridized carbons (Fsp3) is 0.250. The zero-order chi connectivity index (χ0) is 15.1. The molecule has 0 aromatic heterocycles. The molecule has 0 unspecified atom stereocenters. The van der Waals surface area contributed by atoms with E-state index in [4.69, 9.17) is 0 Å². The number of amides is 1. The van der Waals surface area contributed by atoms with Crippen LogP contribution in [0.2, 0.25) is 0 Å². The molecule has 0 spiro atoms. The van der Waals surface area contributed by atoms with Crippen LogP contribution in [-0.4, -0.2) is 10.8 Å². The molecule has 22 heavy (non-hydrogen) atoms. The van der Waals surface area contributed by atoms with E-state index in [1.165, 1.54) is 11.1 Å². The monoisotopic (exact) mass is 289 g/mol. The van der Waals surface area contributed by atoms with Gasteiger partial charge in [-0.1, -0.05) is 61.2 Å². The summed E-state index contributed by atoms with van der Waals surface area (Å²) in [4.78, 5) is 14.6. The van der Waals surface area contributed by atoms with Crippen LogP contribution in [0, 0.1) is 5.92 Å². The normalized spacial score (nSPS) is 23.1. The Hall–Kier alpha value is -2.35. The molecule has 0 N–H and O–H groups in total. The molecule has 0 bridgehead atoms. The first-order valence-corrected chi connectivity index (χ1v) is 7.90. The van der Waals surface area contributed by atoms with E-state index in [-0.39, 0.29) is 11.9 Å². The number of nitrogens with zero attached hydrogens (tertiary/aromatic N) is 1. The van der Waals surface area contributed by atoms with E-state index in [0.29, 0.717) is 12.3 Å². The van der Waals surface area contributed by atoms with Crippen LogP contribution >= 0.6 is 0 Å². The molecule has 110 valence electrons. The van der Waals surface area contributed by atoms with Gasteiger partial charge in [0.25, 0.3) is 0 Å². The van der Waals surface area contributed by atoms with Crippen molar-refractivity contribution in [3.05, 3.63) is 77.9 Å². The second-order valence-corrected chi connectivity index (χ2v) is 6.22. The fourth-order valence-electron chi connectivity index (χ4n) is 3.93. The van der Waals surface area contributed by atoms with Gasteiger partial charge in [0.15, 0.2) is 0 Å². The van der Waals surface area contributed by atoms with E-state index in [2.05, 4.69) is 30.8 Å². The zero-order valence-electron chi connectivity index (χ0n) is 12.5. The molecule has 0 radical (unpaired) electrons. The Balaban J connectivity index is 1.77. The molecule has 1 amide bonds. The molecular weight excluding hydrogens is 270 g/mol. The van der Waals surface area contributed by atoms with Crippen molar-refractivity contribution in [2.75, 3.05) is 0 Å². The van der Waals surface area contributed by atoms with Crippen molar-refractivity contribution in [1.82, 2.24) is 4.90 Å². The van der Waals surface area contributed by atoms with Gasteiger partial charge in [0.1, 0.15) is 0 Å². The van der Waals surface area contributed by atoms with Crippen molar-refractivity contribution in [3.8, 4) is 0 Å². The molecule has 4 rings (SSSR count). The maximum absolute atomic E-state index is 12.6. The molecular formula is C20H19NO. The SMILES string of the molecule is C=C(c1ccccc1)N1C(=O)C[C@H]2CCc3ccccc3[C@H]21. The number of carbonyl (C=O) groups is 1. The van der Waals surface area contributed by atoms with Gasteiger partial charge in [-0.15, -0.1) is 0 Å². The zero-order valence-corrected chi connectivity index (χ0v) is 12.5. The van der Waals surface area contributed by atoms with Gasteiger partial charge >= 0.3 is 0 Å². The molecule has 1 aliphatic heterocycles. The Labute approximate surface area is 131 Å². The lowest BCUT2D eigenvalue weighted by atomic mass is 9.80. The minimum atomic E-state index is 0.158. The van der Waals surface area contributed by atoms with E-state index in [1.807, 2.05) is 35.2 Å². The van der Waals surface area contributed by atoms with Gasteiger partial charge in [-0.3, -0.25) is 4.79 Å². The highest BCUT2D eigenvalue weighted by Gasteiger charge is 2.44. The summed E-state index contributed by atoms with van der Waals surface area (Å²) in [6, 6.07) is 18.7. The molecule has 2 atom stereocenters. The molecule has 2 aromatic rings. The molecule has 2 heteroatoms. The number of likely N-dealkylation sites (tertiary alicyclic amines) is 1. The van der Waals surface area contributed by atoms with Crippen molar-refractivity contribution in [2.24, 2.45) is 5.92 Å². The molecule has 2 nitrogen and oxygen atoms in total. The number of fused-ring (bicyclic) bond motifs is 3. The van der Waals surface area contributed by atoms with E-state index in [1.54, 1.807) is 0 Å². The molecule has 1 aliphatic carbocycles. The number of benzene rings is 2. The minimum absolute atomic E-state index is 0.158. The number of aryl methyl sites for hydroxylation is 1. The Kier molecular flexibility index (Phi) is 3.11. The van der Waals surface area contributed by atoms with Crippen LogP contribution in [0.4, 0.5) is 0 Å². The number of carbonyl (C=O) groups excluding carboxylic acids is 1. The van der Waals surface area contributed by atoms with Gasteiger partial charge < -0.3 is 4.90 Å². The summed E-state index contributed by atoms with van der Waals surface area (Å²) < 4.78 is 0. The van der Waals surface area contributed by atoms with E-state index < -0.39 is 0 Å². The quantitative estimate of drug-likeness (QED) is 0.811. The average molecular weight is 289 g/mol. The Bertz CT molecular complexity index is 734. The fourth-order valence-corrected chi connectivity index (χ4v) is 3.93. The summed E-state index contributed by atoms with van der Waals surface area (Å²) in [5.41, 5.74) is 4.54. The Morgan fingerprint density at radius 3 is 2.59 bits per heavy atom. The lowest BCUT2D eigenvalue weighted by molar-refractivity contribution is -0.125. The first-order valence-electron chi connectivity index (χ1n) is 7.90. The van der Waals surface area contributed by atoms with E-state index in [0.717, 1.165) is 24.1 Å². The van der Waals surface area contributed by atoms with Crippen molar-refractivity contribution in [1.29, 1.82) is 0 Å². The third kappa shape index (κ3) is 1.98. The van der Waals surface area contributed by atoms with Gasteiger partial charge in [0.05, 0.1) is 6.04 Å². The van der Waals surface area contributed by atoms with Crippen LogP contribution in [-0.2, 0) is 11.2 Å². The van der Waals surface area contributed by atoms with E-state index >= 15 is 0 Å². The predicted molar refractivity (Wildman–Crippen MR) is 87.9 cm³/mol. The molecule has 2 aliphatic rings. The summed E-state index contributed by atoms with van der Waals surface area (Å²) in [5.74, 6) is 0.628. The van der Waals surface area contributed by atoms with Gasteiger partial charge in [-0.25, -0.2) is 0 Å². The topological polar surface area (TPSA) is 20.3 Å². The van der Waals surface area contributed by atoms with Crippen LogP contribution in [0.15, 0.2) is 61.2 Å². The molecule has 1 heterocycles. The predicted octanol–water partition coefficient (Wildman–Crippen LogP) is 4.19. The largest absolute Gasteiger partial charge is 0.305 e. The Morgan fingerprint density at radius 1 is 1.05 bits per heavy atom. The number of hydrogen-bond acceptors (Lipinski definition) is 1. The first-order chi connectivity index (χ1) is 10.8. The standard InChI is InChI=1S/C20H19NO/c1-14(15-7-3-2-4-8-15)21-19(22)13-17-12-11-16-9-5-6-10-18(16)20(17)21/h2-10,17,20H,1,11-13H2/t17-,20+/m1/s1. The first kappa shape index (κ1) is 13.3. The van der Waals surface area contributed by atoms with Crippen LogP contribution in [0.5, 0.6) is 0 Å². The minimum Gasteiger partial charge on any atom is -0.305 e. The summed E-state index contributed by atoms with van der Waals surface area (Å²) in [6.45, 7) is 4.23. The maximum atomic E-state index is 12.6. The third-order valence-electron chi connectivity index (χ3n) is 4.99. The molecule has 2 aromatic carbocycles. The van der Waals surface area contributed by atoms with Gasteiger partial charge in [0.2, 0.25) is 5.91 Å². The lowest BCUT2D eigenvalue weighted by Gasteiger charge is -2.34. The van der Waals surface area contributed by atoms with Crippen LogP contribution in [0.3, 0.4) is 0 Å². The highest BCUT2D eigenvalue weighted by atomic mass is 16.2. The third-order valence-corrected chi connectivity index (χ3v) is 4.99. The van der Waals surface area contributed by atoms with E-state index in [9.17, 15) is 4.79 Å².